The minimum atomic E-state index is 0. The molecule has 0 amide bonds. The second-order valence-electron chi connectivity index (χ2n) is 6.41. The maximum Gasteiger partial charge on any atom is 0.191 e. The Morgan fingerprint density at radius 1 is 1.16 bits per heavy atom. The van der Waals surface area contributed by atoms with Crippen molar-refractivity contribution in [1.82, 2.24) is 15.5 Å². The molecule has 0 spiro atoms. The Bertz CT molecular complexity index is 472. The minimum absolute atomic E-state index is 0. The van der Waals surface area contributed by atoms with Gasteiger partial charge >= 0.3 is 0 Å². The number of para-hydroxylation sites is 1. The summed E-state index contributed by atoms with van der Waals surface area (Å²) in [6.07, 6.45) is 4.72. The normalized spacial score (nSPS) is 16.2. The summed E-state index contributed by atoms with van der Waals surface area (Å²) in [4.78, 5) is 6.91. The molecule has 25 heavy (non-hydrogen) atoms. The molecule has 0 atom stereocenters. The van der Waals surface area contributed by atoms with Crippen molar-refractivity contribution in [3.63, 3.8) is 0 Å². The summed E-state index contributed by atoms with van der Waals surface area (Å²) in [5.74, 6) is 0.934. The molecule has 1 fully saturated rings. The SMILES string of the molecule is CCCN1CCC(NC(=NC)NCCCNc2ccccc2)CC1.I. The molecule has 1 aromatic carbocycles. The molecule has 3 N–H and O–H groups in total. The monoisotopic (exact) mass is 459 g/mol. The zero-order chi connectivity index (χ0) is 17.0. The second kappa shape index (κ2) is 13.2. The van der Waals surface area contributed by atoms with Crippen LogP contribution in [0, 0.1) is 0 Å². The Kier molecular flexibility index (Phi) is 11.6. The predicted octanol–water partition coefficient (Wildman–Crippen LogP) is 3.15. The molecule has 0 radical (unpaired) electrons. The van der Waals surface area contributed by atoms with E-state index in [4.69, 9.17) is 0 Å². The number of rotatable bonds is 8. The van der Waals surface area contributed by atoms with Crippen LogP contribution in [0.3, 0.4) is 0 Å². The van der Waals surface area contributed by atoms with Gasteiger partial charge < -0.3 is 20.9 Å². The fourth-order valence-electron chi connectivity index (χ4n) is 3.09. The van der Waals surface area contributed by atoms with Gasteiger partial charge in [-0.25, -0.2) is 0 Å². The van der Waals surface area contributed by atoms with E-state index < -0.39 is 0 Å². The number of likely N-dealkylation sites (tertiary alicyclic amines) is 1. The van der Waals surface area contributed by atoms with E-state index in [9.17, 15) is 0 Å². The summed E-state index contributed by atoms with van der Waals surface area (Å²) in [5.41, 5.74) is 1.18. The smallest absolute Gasteiger partial charge is 0.191 e. The topological polar surface area (TPSA) is 51.7 Å². The number of benzene rings is 1. The van der Waals surface area contributed by atoms with E-state index in [-0.39, 0.29) is 24.0 Å². The van der Waals surface area contributed by atoms with E-state index in [0.717, 1.165) is 25.5 Å². The van der Waals surface area contributed by atoms with E-state index in [2.05, 4.69) is 57.0 Å². The highest BCUT2D eigenvalue weighted by atomic mass is 127. The first-order valence-electron chi connectivity index (χ1n) is 9.30. The number of hydrogen-bond donors (Lipinski definition) is 3. The summed E-state index contributed by atoms with van der Waals surface area (Å²) in [6.45, 7) is 7.77. The fourth-order valence-corrected chi connectivity index (χ4v) is 3.09. The van der Waals surface area contributed by atoms with E-state index in [0.29, 0.717) is 6.04 Å². The highest BCUT2D eigenvalue weighted by Gasteiger charge is 2.19. The molecule has 0 unspecified atom stereocenters. The molecule has 2 rings (SSSR count). The van der Waals surface area contributed by atoms with Crippen molar-refractivity contribution in [2.75, 3.05) is 45.1 Å². The van der Waals surface area contributed by atoms with Crippen LogP contribution in [0.15, 0.2) is 35.3 Å². The zero-order valence-electron chi connectivity index (χ0n) is 15.6. The van der Waals surface area contributed by atoms with Crippen LogP contribution in [-0.4, -0.2) is 56.7 Å². The van der Waals surface area contributed by atoms with Gasteiger partial charge in [-0.05, 0) is 44.4 Å². The van der Waals surface area contributed by atoms with E-state index in [1.165, 1.54) is 44.6 Å². The number of piperidine rings is 1. The van der Waals surface area contributed by atoms with Crippen molar-refractivity contribution in [2.24, 2.45) is 4.99 Å². The van der Waals surface area contributed by atoms with Crippen LogP contribution in [0.5, 0.6) is 0 Å². The zero-order valence-corrected chi connectivity index (χ0v) is 18.0. The first kappa shape index (κ1) is 22.0. The maximum absolute atomic E-state index is 4.35. The lowest BCUT2D eigenvalue weighted by molar-refractivity contribution is 0.206. The van der Waals surface area contributed by atoms with E-state index in [1.54, 1.807) is 0 Å². The van der Waals surface area contributed by atoms with Crippen molar-refractivity contribution < 1.29 is 0 Å². The predicted molar refractivity (Wildman–Crippen MR) is 119 cm³/mol. The molecule has 6 heteroatoms. The first-order valence-corrected chi connectivity index (χ1v) is 9.30. The first-order chi connectivity index (χ1) is 11.8. The number of hydrogen-bond acceptors (Lipinski definition) is 3. The van der Waals surface area contributed by atoms with Crippen molar-refractivity contribution in [2.45, 2.75) is 38.6 Å². The molecule has 1 aliphatic rings. The molecule has 0 saturated carbocycles. The summed E-state index contributed by atoms with van der Waals surface area (Å²) in [5, 5.41) is 10.4. The van der Waals surface area contributed by atoms with Gasteiger partial charge in [-0.3, -0.25) is 4.99 Å². The van der Waals surface area contributed by atoms with Gasteiger partial charge in [0.25, 0.3) is 0 Å². The Balaban J connectivity index is 0.00000312. The van der Waals surface area contributed by atoms with Gasteiger partial charge in [0.2, 0.25) is 0 Å². The standard InChI is InChI=1S/C19H33N5.HI/c1-3-14-24-15-10-18(11-16-24)23-19(20-2)22-13-7-12-21-17-8-5-4-6-9-17;/h4-6,8-9,18,21H,3,7,10-16H2,1-2H3,(H2,20,22,23);1H. The van der Waals surface area contributed by atoms with Crippen molar-refractivity contribution in [1.29, 1.82) is 0 Å². The largest absolute Gasteiger partial charge is 0.385 e. The van der Waals surface area contributed by atoms with Gasteiger partial charge in [-0.2, -0.15) is 0 Å². The van der Waals surface area contributed by atoms with Gasteiger partial charge in [0.15, 0.2) is 5.96 Å². The van der Waals surface area contributed by atoms with Gasteiger partial charge in [0.05, 0.1) is 0 Å². The van der Waals surface area contributed by atoms with Crippen LogP contribution in [-0.2, 0) is 0 Å². The molecule has 0 aliphatic carbocycles. The Labute approximate surface area is 170 Å². The Morgan fingerprint density at radius 2 is 1.88 bits per heavy atom. The van der Waals surface area contributed by atoms with Gasteiger partial charge in [0, 0.05) is 45.0 Å². The number of anilines is 1. The third kappa shape index (κ3) is 8.76. The number of nitrogens with zero attached hydrogens (tertiary/aromatic N) is 2. The minimum Gasteiger partial charge on any atom is -0.385 e. The quantitative estimate of drug-likeness (QED) is 0.242. The lowest BCUT2D eigenvalue weighted by atomic mass is 10.1. The average Bonchev–Trinajstić information content (AvgIpc) is 2.63. The van der Waals surface area contributed by atoms with Gasteiger partial charge in [0.1, 0.15) is 0 Å². The van der Waals surface area contributed by atoms with Crippen LogP contribution in [0.1, 0.15) is 32.6 Å². The maximum atomic E-state index is 4.35. The molecule has 1 aromatic rings. The lowest BCUT2D eigenvalue weighted by Gasteiger charge is -2.32. The fraction of sp³-hybridized carbons (Fsp3) is 0.632. The van der Waals surface area contributed by atoms with Crippen LogP contribution in [0.2, 0.25) is 0 Å². The van der Waals surface area contributed by atoms with Crippen LogP contribution < -0.4 is 16.0 Å². The van der Waals surface area contributed by atoms with Crippen molar-refractivity contribution in [3.05, 3.63) is 30.3 Å². The number of guanidine groups is 1. The molecular formula is C19H34IN5. The Morgan fingerprint density at radius 3 is 2.52 bits per heavy atom. The second-order valence-corrected chi connectivity index (χ2v) is 6.41. The molecular weight excluding hydrogens is 425 g/mol. The van der Waals surface area contributed by atoms with Gasteiger partial charge in [-0.1, -0.05) is 25.1 Å². The third-order valence-corrected chi connectivity index (χ3v) is 4.44. The summed E-state index contributed by atoms with van der Waals surface area (Å²) < 4.78 is 0. The lowest BCUT2D eigenvalue weighted by Crippen LogP contribution is -2.49. The highest BCUT2D eigenvalue weighted by molar-refractivity contribution is 14.0. The third-order valence-electron chi connectivity index (χ3n) is 4.44. The summed E-state index contributed by atoms with van der Waals surface area (Å²) >= 11 is 0. The number of nitrogens with one attached hydrogen (secondary N) is 3. The molecule has 1 saturated heterocycles. The molecule has 1 aliphatic heterocycles. The summed E-state index contributed by atoms with van der Waals surface area (Å²) in [6, 6.07) is 10.9. The molecule has 1 heterocycles. The van der Waals surface area contributed by atoms with Crippen molar-refractivity contribution >= 4 is 35.6 Å². The molecule has 142 valence electrons. The molecule has 0 aromatic heterocycles. The van der Waals surface area contributed by atoms with Crippen LogP contribution >= 0.6 is 24.0 Å². The number of aliphatic imine (C=N–C) groups is 1. The summed E-state index contributed by atoms with van der Waals surface area (Å²) in [7, 11) is 1.85. The van der Waals surface area contributed by atoms with Gasteiger partial charge in [-0.15, -0.1) is 24.0 Å². The van der Waals surface area contributed by atoms with E-state index >= 15 is 0 Å². The Hall–Kier alpha value is -1.02. The molecule has 0 bridgehead atoms. The molecule has 5 nitrogen and oxygen atoms in total. The average molecular weight is 459 g/mol. The highest BCUT2D eigenvalue weighted by Crippen LogP contribution is 2.10. The van der Waals surface area contributed by atoms with E-state index in [1.807, 2.05) is 13.1 Å². The van der Waals surface area contributed by atoms with Crippen molar-refractivity contribution in [3.8, 4) is 0 Å². The van der Waals surface area contributed by atoms with Crippen LogP contribution in [0.25, 0.3) is 0 Å². The van der Waals surface area contributed by atoms with Crippen LogP contribution in [0.4, 0.5) is 5.69 Å². The number of halogens is 1.